The lowest BCUT2D eigenvalue weighted by molar-refractivity contribution is -0.147. The summed E-state index contributed by atoms with van der Waals surface area (Å²) in [7, 11) is 0. The number of rotatable bonds is 5. The van der Waals surface area contributed by atoms with Crippen LogP contribution in [0.25, 0.3) is 0 Å². The van der Waals surface area contributed by atoms with Crippen molar-refractivity contribution in [1.82, 2.24) is 0 Å². The third kappa shape index (κ3) is 4.15. The molecule has 15 heavy (non-hydrogen) atoms. The predicted molar refractivity (Wildman–Crippen MR) is 60.6 cm³/mol. The van der Waals surface area contributed by atoms with Crippen LogP contribution < -0.4 is 0 Å². The SMILES string of the molecule is CCC(C)C(=O)OCCc1ccccc1. The summed E-state index contributed by atoms with van der Waals surface area (Å²) in [5.41, 5.74) is 1.20. The Hall–Kier alpha value is -1.31. The lowest BCUT2D eigenvalue weighted by Gasteiger charge is -2.08. The van der Waals surface area contributed by atoms with Gasteiger partial charge in [-0.3, -0.25) is 4.79 Å². The predicted octanol–water partition coefficient (Wildman–Crippen LogP) is 2.82. The lowest BCUT2D eigenvalue weighted by atomic mass is 10.1. The number of benzene rings is 1. The molecule has 0 aliphatic heterocycles. The molecular weight excluding hydrogens is 188 g/mol. The Morgan fingerprint density at radius 1 is 1.33 bits per heavy atom. The third-order valence-electron chi connectivity index (χ3n) is 2.49. The summed E-state index contributed by atoms with van der Waals surface area (Å²) in [6.45, 7) is 4.36. The maximum atomic E-state index is 11.3. The van der Waals surface area contributed by atoms with Crippen molar-refractivity contribution >= 4 is 5.97 Å². The number of hydrogen-bond donors (Lipinski definition) is 0. The van der Waals surface area contributed by atoms with E-state index in [1.807, 2.05) is 44.2 Å². The smallest absolute Gasteiger partial charge is 0.308 e. The van der Waals surface area contributed by atoms with Crippen LogP contribution in [0.5, 0.6) is 0 Å². The molecule has 2 heteroatoms. The van der Waals surface area contributed by atoms with E-state index in [0.717, 1.165) is 12.8 Å². The molecular formula is C13H18O2. The minimum atomic E-state index is -0.0894. The van der Waals surface area contributed by atoms with E-state index < -0.39 is 0 Å². The standard InChI is InChI=1S/C13H18O2/c1-3-11(2)13(14)15-10-9-12-7-5-4-6-8-12/h4-8,11H,3,9-10H2,1-2H3. The van der Waals surface area contributed by atoms with Crippen LogP contribution in [0.1, 0.15) is 25.8 Å². The van der Waals surface area contributed by atoms with Gasteiger partial charge in [0.25, 0.3) is 0 Å². The van der Waals surface area contributed by atoms with E-state index in [0.29, 0.717) is 6.61 Å². The van der Waals surface area contributed by atoms with Gasteiger partial charge in [-0.1, -0.05) is 44.2 Å². The first-order chi connectivity index (χ1) is 7.24. The van der Waals surface area contributed by atoms with Gasteiger partial charge >= 0.3 is 5.97 Å². The Balaban J connectivity index is 2.25. The van der Waals surface area contributed by atoms with Crippen molar-refractivity contribution in [2.45, 2.75) is 26.7 Å². The topological polar surface area (TPSA) is 26.3 Å². The number of carbonyl (C=O) groups excluding carboxylic acids is 1. The van der Waals surface area contributed by atoms with E-state index in [-0.39, 0.29) is 11.9 Å². The summed E-state index contributed by atoms with van der Waals surface area (Å²) in [6.07, 6.45) is 1.63. The Morgan fingerprint density at radius 2 is 2.00 bits per heavy atom. The monoisotopic (exact) mass is 206 g/mol. The van der Waals surface area contributed by atoms with Gasteiger partial charge < -0.3 is 4.74 Å². The quantitative estimate of drug-likeness (QED) is 0.692. The second-order valence-electron chi connectivity index (χ2n) is 3.71. The Kier molecular flexibility index (Phi) is 4.88. The maximum absolute atomic E-state index is 11.3. The first kappa shape index (κ1) is 11.8. The van der Waals surface area contributed by atoms with E-state index in [9.17, 15) is 4.79 Å². The van der Waals surface area contributed by atoms with Gasteiger partial charge in [-0.2, -0.15) is 0 Å². The van der Waals surface area contributed by atoms with E-state index in [1.165, 1.54) is 5.56 Å². The molecule has 1 aromatic carbocycles. The van der Waals surface area contributed by atoms with Crippen LogP contribution in [0.2, 0.25) is 0 Å². The molecule has 0 saturated heterocycles. The summed E-state index contributed by atoms with van der Waals surface area (Å²) >= 11 is 0. The second kappa shape index (κ2) is 6.23. The number of ether oxygens (including phenoxy) is 1. The molecule has 0 bridgehead atoms. The summed E-state index contributed by atoms with van der Waals surface area (Å²) < 4.78 is 5.16. The average molecular weight is 206 g/mol. The van der Waals surface area contributed by atoms with Crippen LogP contribution in [0, 0.1) is 5.92 Å². The summed E-state index contributed by atoms with van der Waals surface area (Å²) in [6, 6.07) is 10.0. The molecule has 1 aromatic rings. The van der Waals surface area contributed by atoms with Crippen LogP contribution in [-0.2, 0) is 16.0 Å². The molecule has 1 atom stereocenters. The molecule has 0 aromatic heterocycles. The molecule has 0 spiro atoms. The van der Waals surface area contributed by atoms with Crippen molar-refractivity contribution < 1.29 is 9.53 Å². The van der Waals surface area contributed by atoms with Gasteiger partial charge in [0.2, 0.25) is 0 Å². The van der Waals surface area contributed by atoms with E-state index in [4.69, 9.17) is 4.74 Å². The highest BCUT2D eigenvalue weighted by Crippen LogP contribution is 2.05. The molecule has 2 nitrogen and oxygen atoms in total. The van der Waals surface area contributed by atoms with Crippen molar-refractivity contribution in [3.8, 4) is 0 Å². The van der Waals surface area contributed by atoms with Crippen molar-refractivity contribution in [1.29, 1.82) is 0 Å². The van der Waals surface area contributed by atoms with Gasteiger partial charge in [-0.15, -0.1) is 0 Å². The highest BCUT2D eigenvalue weighted by Gasteiger charge is 2.11. The first-order valence-electron chi connectivity index (χ1n) is 5.44. The van der Waals surface area contributed by atoms with Crippen LogP contribution >= 0.6 is 0 Å². The summed E-state index contributed by atoms with van der Waals surface area (Å²) in [5.74, 6) is -0.0748. The van der Waals surface area contributed by atoms with E-state index in [1.54, 1.807) is 0 Å². The maximum Gasteiger partial charge on any atom is 0.308 e. The van der Waals surface area contributed by atoms with Gasteiger partial charge in [-0.25, -0.2) is 0 Å². The molecule has 0 saturated carbocycles. The fraction of sp³-hybridized carbons (Fsp3) is 0.462. The summed E-state index contributed by atoms with van der Waals surface area (Å²) in [4.78, 5) is 11.3. The van der Waals surface area contributed by atoms with Crippen LogP contribution in [0.4, 0.5) is 0 Å². The van der Waals surface area contributed by atoms with Crippen LogP contribution in [0.3, 0.4) is 0 Å². The normalized spacial score (nSPS) is 12.1. The molecule has 0 aliphatic rings. The van der Waals surface area contributed by atoms with Gasteiger partial charge in [0, 0.05) is 6.42 Å². The summed E-state index contributed by atoms with van der Waals surface area (Å²) in [5, 5.41) is 0. The molecule has 0 N–H and O–H groups in total. The fourth-order valence-electron chi connectivity index (χ4n) is 1.22. The van der Waals surface area contributed by atoms with Crippen molar-refractivity contribution in [2.24, 2.45) is 5.92 Å². The Labute approximate surface area is 91.3 Å². The Bertz CT molecular complexity index is 293. The van der Waals surface area contributed by atoms with Crippen molar-refractivity contribution in [3.05, 3.63) is 35.9 Å². The van der Waals surface area contributed by atoms with E-state index >= 15 is 0 Å². The average Bonchev–Trinajstić information content (AvgIpc) is 2.29. The van der Waals surface area contributed by atoms with Crippen molar-refractivity contribution in [3.63, 3.8) is 0 Å². The fourth-order valence-corrected chi connectivity index (χ4v) is 1.22. The third-order valence-corrected chi connectivity index (χ3v) is 2.49. The molecule has 82 valence electrons. The largest absolute Gasteiger partial charge is 0.465 e. The number of carbonyl (C=O) groups is 1. The minimum Gasteiger partial charge on any atom is -0.465 e. The molecule has 0 heterocycles. The number of hydrogen-bond acceptors (Lipinski definition) is 2. The van der Waals surface area contributed by atoms with Gasteiger partial charge in [0.15, 0.2) is 0 Å². The first-order valence-corrected chi connectivity index (χ1v) is 5.44. The zero-order valence-electron chi connectivity index (χ0n) is 9.40. The minimum absolute atomic E-state index is 0.0146. The zero-order chi connectivity index (χ0) is 11.1. The highest BCUT2D eigenvalue weighted by molar-refractivity contribution is 5.71. The molecule has 0 amide bonds. The van der Waals surface area contributed by atoms with Crippen molar-refractivity contribution in [2.75, 3.05) is 6.61 Å². The second-order valence-corrected chi connectivity index (χ2v) is 3.71. The number of esters is 1. The lowest BCUT2D eigenvalue weighted by Crippen LogP contribution is -2.15. The van der Waals surface area contributed by atoms with Gasteiger partial charge in [0.1, 0.15) is 0 Å². The van der Waals surface area contributed by atoms with Crippen LogP contribution in [0.15, 0.2) is 30.3 Å². The molecule has 0 radical (unpaired) electrons. The highest BCUT2D eigenvalue weighted by atomic mass is 16.5. The van der Waals surface area contributed by atoms with Crippen LogP contribution in [-0.4, -0.2) is 12.6 Å². The van der Waals surface area contributed by atoms with Gasteiger partial charge in [0.05, 0.1) is 12.5 Å². The molecule has 1 unspecified atom stereocenters. The zero-order valence-corrected chi connectivity index (χ0v) is 9.40. The molecule has 0 fully saturated rings. The van der Waals surface area contributed by atoms with E-state index in [2.05, 4.69) is 0 Å². The molecule has 0 aliphatic carbocycles. The molecule has 1 rings (SSSR count). The van der Waals surface area contributed by atoms with Gasteiger partial charge in [-0.05, 0) is 12.0 Å². The Morgan fingerprint density at radius 3 is 2.60 bits per heavy atom.